The molecule has 62 heavy (non-hydrogen) atoms. The van der Waals surface area contributed by atoms with Gasteiger partial charge in [0.15, 0.2) is 6.10 Å². The van der Waals surface area contributed by atoms with Crippen molar-refractivity contribution < 1.29 is 28.6 Å². The molecular formula is C56H108O6. The van der Waals surface area contributed by atoms with E-state index in [1.807, 2.05) is 0 Å². The highest BCUT2D eigenvalue weighted by Crippen LogP contribution is 2.18. The van der Waals surface area contributed by atoms with Gasteiger partial charge in [-0.15, -0.1) is 0 Å². The van der Waals surface area contributed by atoms with Crippen LogP contribution in [-0.4, -0.2) is 37.2 Å². The molecule has 0 aromatic carbocycles. The van der Waals surface area contributed by atoms with Gasteiger partial charge in [0.1, 0.15) is 13.2 Å². The van der Waals surface area contributed by atoms with Crippen LogP contribution in [0.2, 0.25) is 0 Å². The Hall–Kier alpha value is -1.59. The first-order chi connectivity index (χ1) is 30.4. The van der Waals surface area contributed by atoms with Gasteiger partial charge >= 0.3 is 17.9 Å². The molecule has 0 bridgehead atoms. The molecule has 0 heterocycles. The molecule has 0 spiro atoms. The molecule has 0 aromatic heterocycles. The second-order valence-corrected chi connectivity index (χ2v) is 19.7. The molecule has 0 aliphatic rings. The SMILES string of the molecule is CCCCCCCCCCCCCCCCCCCCCC(=O)OC[C@H](COC(=O)CCCCCCCCCCC)OC(=O)CCCCCCCCCCCCCCCC(C)C. The fourth-order valence-corrected chi connectivity index (χ4v) is 8.57. The van der Waals surface area contributed by atoms with E-state index in [1.165, 1.54) is 212 Å². The van der Waals surface area contributed by atoms with Gasteiger partial charge in [-0.3, -0.25) is 14.4 Å². The van der Waals surface area contributed by atoms with Gasteiger partial charge in [0.2, 0.25) is 0 Å². The van der Waals surface area contributed by atoms with Gasteiger partial charge in [-0.05, 0) is 25.2 Å². The molecule has 368 valence electrons. The fourth-order valence-electron chi connectivity index (χ4n) is 8.57. The molecule has 0 aliphatic carbocycles. The van der Waals surface area contributed by atoms with E-state index in [9.17, 15) is 14.4 Å². The molecule has 0 aliphatic heterocycles. The van der Waals surface area contributed by atoms with Crippen molar-refractivity contribution in [3.63, 3.8) is 0 Å². The van der Waals surface area contributed by atoms with Crippen LogP contribution in [0.4, 0.5) is 0 Å². The Kier molecular flexibility index (Phi) is 49.1. The number of rotatable bonds is 51. The Morgan fingerprint density at radius 1 is 0.306 bits per heavy atom. The summed E-state index contributed by atoms with van der Waals surface area (Å²) in [5.41, 5.74) is 0. The van der Waals surface area contributed by atoms with E-state index in [4.69, 9.17) is 14.2 Å². The second kappa shape index (κ2) is 50.4. The first kappa shape index (κ1) is 60.4. The van der Waals surface area contributed by atoms with Crippen LogP contribution in [0, 0.1) is 5.92 Å². The third-order valence-corrected chi connectivity index (χ3v) is 12.8. The summed E-state index contributed by atoms with van der Waals surface area (Å²) in [7, 11) is 0. The van der Waals surface area contributed by atoms with Crippen molar-refractivity contribution in [2.75, 3.05) is 13.2 Å². The summed E-state index contributed by atoms with van der Waals surface area (Å²) >= 11 is 0. The van der Waals surface area contributed by atoms with Crippen molar-refractivity contribution in [3.8, 4) is 0 Å². The molecule has 0 unspecified atom stereocenters. The summed E-state index contributed by atoms with van der Waals surface area (Å²) in [5, 5.41) is 0. The van der Waals surface area contributed by atoms with Gasteiger partial charge in [0, 0.05) is 19.3 Å². The molecule has 6 nitrogen and oxygen atoms in total. The third-order valence-electron chi connectivity index (χ3n) is 12.8. The lowest BCUT2D eigenvalue weighted by Crippen LogP contribution is -2.30. The number of hydrogen-bond donors (Lipinski definition) is 0. The summed E-state index contributed by atoms with van der Waals surface area (Å²) < 4.78 is 16.8. The van der Waals surface area contributed by atoms with Crippen LogP contribution in [0.15, 0.2) is 0 Å². The molecular weight excluding hydrogens is 769 g/mol. The average molecular weight is 877 g/mol. The molecule has 1 atom stereocenters. The van der Waals surface area contributed by atoms with Crippen molar-refractivity contribution in [2.45, 2.75) is 323 Å². The Morgan fingerprint density at radius 2 is 0.532 bits per heavy atom. The predicted molar refractivity (Wildman–Crippen MR) is 266 cm³/mol. The zero-order chi connectivity index (χ0) is 45.2. The first-order valence-corrected chi connectivity index (χ1v) is 27.9. The number of carbonyl (C=O) groups is 3. The lowest BCUT2D eigenvalue weighted by molar-refractivity contribution is -0.167. The molecule has 0 N–H and O–H groups in total. The van der Waals surface area contributed by atoms with Crippen LogP contribution < -0.4 is 0 Å². The minimum absolute atomic E-state index is 0.0624. The van der Waals surface area contributed by atoms with Crippen LogP contribution in [0.5, 0.6) is 0 Å². The van der Waals surface area contributed by atoms with Gasteiger partial charge in [0.25, 0.3) is 0 Å². The van der Waals surface area contributed by atoms with Crippen LogP contribution in [0.25, 0.3) is 0 Å². The van der Waals surface area contributed by atoms with Crippen LogP contribution in [0.1, 0.15) is 317 Å². The van der Waals surface area contributed by atoms with Gasteiger partial charge in [-0.2, -0.15) is 0 Å². The summed E-state index contributed by atoms with van der Waals surface area (Å²) in [6, 6.07) is 0. The lowest BCUT2D eigenvalue weighted by atomic mass is 10.0. The normalized spacial score (nSPS) is 12.0. The summed E-state index contributed by atoms with van der Waals surface area (Å²) in [6.45, 7) is 9.03. The molecule has 6 heteroatoms. The number of unbranched alkanes of at least 4 members (excludes halogenated alkanes) is 38. The van der Waals surface area contributed by atoms with Gasteiger partial charge in [-0.25, -0.2) is 0 Å². The minimum atomic E-state index is -0.760. The summed E-state index contributed by atoms with van der Waals surface area (Å²) in [6.07, 6.45) is 53.8. The molecule has 0 radical (unpaired) electrons. The fraction of sp³-hybridized carbons (Fsp3) is 0.946. The van der Waals surface area contributed by atoms with Crippen LogP contribution >= 0.6 is 0 Å². The molecule has 0 rings (SSSR count). The number of hydrogen-bond acceptors (Lipinski definition) is 6. The van der Waals surface area contributed by atoms with Gasteiger partial charge in [-0.1, -0.05) is 278 Å². The minimum Gasteiger partial charge on any atom is -0.462 e. The van der Waals surface area contributed by atoms with Crippen molar-refractivity contribution in [2.24, 2.45) is 5.92 Å². The Morgan fingerprint density at radius 3 is 0.790 bits per heavy atom. The summed E-state index contributed by atoms with van der Waals surface area (Å²) in [4.78, 5) is 38.0. The highest BCUT2D eigenvalue weighted by molar-refractivity contribution is 5.71. The Labute approximate surface area is 387 Å². The van der Waals surface area contributed by atoms with Crippen molar-refractivity contribution in [3.05, 3.63) is 0 Å². The topological polar surface area (TPSA) is 78.9 Å². The standard InChI is InChI=1S/C56H108O6/c1-5-7-9-11-13-15-16-17-18-19-20-21-22-25-28-32-36-40-44-48-55(58)61-51-53(50-60-54(57)47-43-39-35-30-14-12-10-8-6-2)62-56(59)49-45-41-37-33-29-26-23-24-27-31-34-38-42-46-52(3)4/h52-53H,5-51H2,1-4H3/t53-/m0/s1. The van der Waals surface area contributed by atoms with Crippen molar-refractivity contribution >= 4 is 17.9 Å². The van der Waals surface area contributed by atoms with Crippen molar-refractivity contribution in [1.82, 2.24) is 0 Å². The maximum absolute atomic E-state index is 12.8. The van der Waals surface area contributed by atoms with E-state index < -0.39 is 6.10 Å². The number of esters is 3. The van der Waals surface area contributed by atoms with E-state index in [2.05, 4.69) is 27.7 Å². The molecule has 0 saturated carbocycles. The van der Waals surface area contributed by atoms with Crippen LogP contribution in [-0.2, 0) is 28.6 Å². The Balaban J connectivity index is 4.21. The number of carbonyl (C=O) groups excluding carboxylic acids is 3. The van der Waals surface area contributed by atoms with Crippen LogP contribution in [0.3, 0.4) is 0 Å². The van der Waals surface area contributed by atoms with Crippen molar-refractivity contribution in [1.29, 1.82) is 0 Å². The lowest BCUT2D eigenvalue weighted by Gasteiger charge is -2.18. The first-order valence-electron chi connectivity index (χ1n) is 27.9. The summed E-state index contributed by atoms with van der Waals surface area (Å²) in [5.74, 6) is -0.00394. The number of ether oxygens (including phenoxy) is 3. The monoisotopic (exact) mass is 877 g/mol. The molecule has 0 fully saturated rings. The predicted octanol–water partition coefficient (Wildman–Crippen LogP) is 18.2. The quantitative estimate of drug-likeness (QED) is 0.0344. The average Bonchev–Trinajstić information content (AvgIpc) is 3.26. The van der Waals surface area contributed by atoms with E-state index in [-0.39, 0.29) is 31.1 Å². The molecule has 0 aromatic rings. The maximum Gasteiger partial charge on any atom is 0.306 e. The maximum atomic E-state index is 12.8. The molecule has 0 amide bonds. The van der Waals surface area contributed by atoms with E-state index in [0.717, 1.165) is 63.7 Å². The smallest absolute Gasteiger partial charge is 0.306 e. The third kappa shape index (κ3) is 49.4. The second-order valence-electron chi connectivity index (χ2n) is 19.7. The zero-order valence-electron chi connectivity index (χ0n) is 42.3. The highest BCUT2D eigenvalue weighted by atomic mass is 16.6. The van der Waals surface area contributed by atoms with E-state index in [1.54, 1.807) is 0 Å². The van der Waals surface area contributed by atoms with Gasteiger partial charge in [0.05, 0.1) is 0 Å². The van der Waals surface area contributed by atoms with Gasteiger partial charge < -0.3 is 14.2 Å². The Bertz CT molecular complexity index is 933. The van der Waals surface area contributed by atoms with E-state index >= 15 is 0 Å². The van der Waals surface area contributed by atoms with E-state index in [0.29, 0.717) is 19.3 Å². The zero-order valence-corrected chi connectivity index (χ0v) is 42.3. The largest absolute Gasteiger partial charge is 0.462 e. The highest BCUT2D eigenvalue weighted by Gasteiger charge is 2.19. The molecule has 0 saturated heterocycles.